The highest BCUT2D eigenvalue weighted by Crippen LogP contribution is 2.09. The lowest BCUT2D eigenvalue weighted by molar-refractivity contribution is 0.645. The van der Waals surface area contributed by atoms with Gasteiger partial charge >= 0.3 is 0 Å². The minimum absolute atomic E-state index is 0.720. The third kappa shape index (κ3) is 4.82. The van der Waals surface area contributed by atoms with Crippen molar-refractivity contribution in [3.05, 3.63) is 53.3 Å². The van der Waals surface area contributed by atoms with E-state index in [2.05, 4.69) is 54.6 Å². The number of rotatable bonds is 7. The van der Waals surface area contributed by atoms with Gasteiger partial charge in [-0.2, -0.15) is 5.10 Å². The molecule has 1 aromatic carbocycles. The third-order valence-corrected chi connectivity index (χ3v) is 3.32. The zero-order valence-electron chi connectivity index (χ0n) is 12.8. The van der Waals surface area contributed by atoms with Crippen LogP contribution in [-0.4, -0.2) is 16.3 Å². The van der Waals surface area contributed by atoms with Crippen molar-refractivity contribution in [1.29, 1.82) is 0 Å². The van der Waals surface area contributed by atoms with Crippen molar-refractivity contribution < 1.29 is 0 Å². The summed E-state index contributed by atoms with van der Waals surface area (Å²) in [6.45, 7) is 6.40. The second kappa shape index (κ2) is 7.25. The molecule has 0 aliphatic rings. The molecule has 108 valence electrons. The first kappa shape index (κ1) is 14.8. The van der Waals surface area contributed by atoms with Crippen LogP contribution in [-0.2, 0) is 26.4 Å². The maximum atomic E-state index is 4.37. The van der Waals surface area contributed by atoms with E-state index in [4.69, 9.17) is 0 Å². The molecule has 0 spiro atoms. The standard InChI is InChI=1S/C17H25N3/c1-14(2)12-15-4-6-16(7-5-15)13-18-10-8-17-9-11-20(3)19-17/h4-7,9,11,14,18H,8,10,12-13H2,1-3H3. The molecule has 3 nitrogen and oxygen atoms in total. The van der Waals surface area contributed by atoms with E-state index in [0.29, 0.717) is 0 Å². The van der Waals surface area contributed by atoms with Crippen LogP contribution in [0.4, 0.5) is 0 Å². The summed E-state index contributed by atoms with van der Waals surface area (Å²) in [4.78, 5) is 0. The number of benzene rings is 1. The van der Waals surface area contributed by atoms with Gasteiger partial charge in [-0.3, -0.25) is 4.68 Å². The molecule has 3 heteroatoms. The molecule has 0 saturated carbocycles. The number of nitrogens with one attached hydrogen (secondary N) is 1. The fourth-order valence-electron chi connectivity index (χ4n) is 2.31. The minimum atomic E-state index is 0.720. The average molecular weight is 271 g/mol. The van der Waals surface area contributed by atoms with E-state index in [1.54, 1.807) is 0 Å². The van der Waals surface area contributed by atoms with Gasteiger partial charge in [-0.15, -0.1) is 0 Å². The number of aryl methyl sites for hydroxylation is 1. The van der Waals surface area contributed by atoms with Crippen LogP contribution in [0, 0.1) is 5.92 Å². The van der Waals surface area contributed by atoms with Crippen LogP contribution in [0.5, 0.6) is 0 Å². The van der Waals surface area contributed by atoms with E-state index in [1.165, 1.54) is 11.1 Å². The topological polar surface area (TPSA) is 29.9 Å². The first-order valence-corrected chi connectivity index (χ1v) is 7.40. The molecule has 2 rings (SSSR count). The Balaban J connectivity index is 1.71. The quantitative estimate of drug-likeness (QED) is 0.785. The fourth-order valence-corrected chi connectivity index (χ4v) is 2.31. The highest BCUT2D eigenvalue weighted by Gasteiger charge is 1.99. The van der Waals surface area contributed by atoms with Crippen LogP contribution in [0.2, 0.25) is 0 Å². The Labute approximate surface area is 122 Å². The largest absolute Gasteiger partial charge is 0.312 e. The van der Waals surface area contributed by atoms with Crippen LogP contribution in [0.25, 0.3) is 0 Å². The molecule has 1 heterocycles. The van der Waals surface area contributed by atoms with Gasteiger partial charge in [-0.05, 0) is 29.5 Å². The molecular weight excluding hydrogens is 246 g/mol. The molecule has 20 heavy (non-hydrogen) atoms. The Morgan fingerprint density at radius 3 is 2.40 bits per heavy atom. The van der Waals surface area contributed by atoms with Gasteiger partial charge in [-0.1, -0.05) is 38.1 Å². The van der Waals surface area contributed by atoms with Gasteiger partial charge in [0, 0.05) is 32.8 Å². The Hall–Kier alpha value is -1.61. The maximum absolute atomic E-state index is 4.37. The molecule has 0 aliphatic carbocycles. The van der Waals surface area contributed by atoms with Crippen LogP contribution >= 0.6 is 0 Å². The summed E-state index contributed by atoms with van der Waals surface area (Å²) in [7, 11) is 1.95. The number of nitrogens with zero attached hydrogens (tertiary/aromatic N) is 2. The summed E-state index contributed by atoms with van der Waals surface area (Å²) >= 11 is 0. The zero-order chi connectivity index (χ0) is 14.4. The maximum Gasteiger partial charge on any atom is 0.0637 e. The molecule has 0 aliphatic heterocycles. The molecule has 0 radical (unpaired) electrons. The zero-order valence-corrected chi connectivity index (χ0v) is 12.8. The SMILES string of the molecule is CC(C)Cc1ccc(CNCCc2ccn(C)n2)cc1. The molecule has 0 fully saturated rings. The lowest BCUT2D eigenvalue weighted by atomic mass is 10.0. The fraction of sp³-hybridized carbons (Fsp3) is 0.471. The Morgan fingerprint density at radius 2 is 1.80 bits per heavy atom. The second-order valence-electron chi connectivity index (χ2n) is 5.82. The highest BCUT2D eigenvalue weighted by atomic mass is 15.2. The molecular formula is C17H25N3. The van der Waals surface area contributed by atoms with Gasteiger partial charge in [-0.25, -0.2) is 0 Å². The summed E-state index contributed by atoms with van der Waals surface area (Å²) in [5.74, 6) is 0.720. The van der Waals surface area contributed by atoms with Crippen LogP contribution in [0.3, 0.4) is 0 Å². The van der Waals surface area contributed by atoms with Crippen LogP contribution in [0.15, 0.2) is 36.5 Å². The van der Waals surface area contributed by atoms with Crippen molar-refractivity contribution in [1.82, 2.24) is 15.1 Å². The molecule has 0 unspecified atom stereocenters. The van der Waals surface area contributed by atoms with E-state index < -0.39 is 0 Å². The van der Waals surface area contributed by atoms with E-state index in [1.807, 2.05) is 17.9 Å². The molecule has 2 aromatic rings. The predicted molar refractivity (Wildman–Crippen MR) is 83.6 cm³/mol. The summed E-state index contributed by atoms with van der Waals surface area (Å²) in [6, 6.07) is 11.0. The summed E-state index contributed by atoms with van der Waals surface area (Å²) in [6.07, 6.45) is 4.13. The summed E-state index contributed by atoms with van der Waals surface area (Å²) in [5.41, 5.74) is 3.92. The predicted octanol–water partition coefficient (Wildman–Crippen LogP) is 2.95. The van der Waals surface area contributed by atoms with Crippen LogP contribution < -0.4 is 5.32 Å². The van der Waals surface area contributed by atoms with Gasteiger partial charge in [0.25, 0.3) is 0 Å². The van der Waals surface area contributed by atoms with Crippen molar-refractivity contribution in [2.75, 3.05) is 6.54 Å². The van der Waals surface area contributed by atoms with Crippen molar-refractivity contribution in [3.8, 4) is 0 Å². The molecule has 1 N–H and O–H groups in total. The molecule has 0 bridgehead atoms. The van der Waals surface area contributed by atoms with Gasteiger partial charge in [0.2, 0.25) is 0 Å². The van der Waals surface area contributed by atoms with Gasteiger partial charge in [0.15, 0.2) is 0 Å². The minimum Gasteiger partial charge on any atom is -0.312 e. The molecule has 1 aromatic heterocycles. The van der Waals surface area contributed by atoms with E-state index in [9.17, 15) is 0 Å². The van der Waals surface area contributed by atoms with E-state index >= 15 is 0 Å². The van der Waals surface area contributed by atoms with Gasteiger partial charge in [0.1, 0.15) is 0 Å². The van der Waals surface area contributed by atoms with Crippen molar-refractivity contribution in [3.63, 3.8) is 0 Å². The van der Waals surface area contributed by atoms with E-state index in [-0.39, 0.29) is 0 Å². The van der Waals surface area contributed by atoms with Gasteiger partial charge in [0.05, 0.1) is 5.69 Å². The molecule has 0 amide bonds. The summed E-state index contributed by atoms with van der Waals surface area (Å²) in [5, 5.41) is 7.84. The first-order valence-electron chi connectivity index (χ1n) is 7.40. The normalized spacial score (nSPS) is 11.2. The molecule has 0 saturated heterocycles. The average Bonchev–Trinajstić information content (AvgIpc) is 2.82. The molecule has 0 atom stereocenters. The highest BCUT2D eigenvalue weighted by molar-refractivity contribution is 5.22. The van der Waals surface area contributed by atoms with Crippen molar-refractivity contribution in [2.45, 2.75) is 33.2 Å². The Morgan fingerprint density at radius 1 is 1.10 bits per heavy atom. The second-order valence-corrected chi connectivity index (χ2v) is 5.82. The number of hydrogen-bond acceptors (Lipinski definition) is 2. The third-order valence-electron chi connectivity index (χ3n) is 3.32. The monoisotopic (exact) mass is 271 g/mol. The lowest BCUT2D eigenvalue weighted by Gasteiger charge is -2.07. The number of aromatic nitrogens is 2. The van der Waals surface area contributed by atoms with Gasteiger partial charge < -0.3 is 5.32 Å². The van der Waals surface area contributed by atoms with Crippen LogP contribution in [0.1, 0.15) is 30.7 Å². The smallest absolute Gasteiger partial charge is 0.0637 e. The summed E-state index contributed by atoms with van der Waals surface area (Å²) < 4.78 is 1.85. The Bertz CT molecular complexity index is 511. The Kier molecular flexibility index (Phi) is 5.36. The van der Waals surface area contributed by atoms with Crippen molar-refractivity contribution in [2.24, 2.45) is 13.0 Å². The lowest BCUT2D eigenvalue weighted by Crippen LogP contribution is -2.17. The van der Waals surface area contributed by atoms with Crippen molar-refractivity contribution >= 4 is 0 Å². The first-order chi connectivity index (χ1) is 9.63. The van der Waals surface area contributed by atoms with E-state index in [0.717, 1.165) is 37.5 Å². The number of hydrogen-bond donors (Lipinski definition) is 1.